The number of nitrogens with one attached hydrogen (secondary N) is 2. The van der Waals surface area contributed by atoms with Crippen molar-refractivity contribution in [1.29, 1.82) is 0 Å². The van der Waals surface area contributed by atoms with Gasteiger partial charge in [0.1, 0.15) is 22.0 Å². The van der Waals surface area contributed by atoms with Gasteiger partial charge >= 0.3 is 12.3 Å². The Kier molecular flexibility index (Phi) is 4.93. The van der Waals surface area contributed by atoms with Crippen molar-refractivity contribution in [2.75, 3.05) is 18.5 Å². The minimum Gasteiger partial charge on any atom is -0.444 e. The lowest BCUT2D eigenvalue weighted by molar-refractivity contribution is -0.245. The van der Waals surface area contributed by atoms with Gasteiger partial charge in [-0.3, -0.25) is 5.32 Å². The molecule has 1 aromatic rings. The van der Waals surface area contributed by atoms with Crippen LogP contribution in [0.25, 0.3) is 0 Å². The third-order valence-electron chi connectivity index (χ3n) is 4.13. The Bertz CT molecular complexity index is 676. The van der Waals surface area contributed by atoms with E-state index in [1.165, 1.54) is 11.3 Å². The van der Waals surface area contributed by atoms with E-state index < -0.39 is 35.4 Å². The molecule has 1 aromatic heterocycles. The molecule has 0 bridgehead atoms. The second-order valence-corrected chi connectivity index (χ2v) is 8.18. The molecule has 26 heavy (non-hydrogen) atoms. The molecule has 0 aliphatic carbocycles. The minimum absolute atomic E-state index is 0.129. The molecule has 3 heterocycles. The lowest BCUT2D eigenvalue weighted by Crippen LogP contribution is -2.54. The topological polar surface area (TPSA) is 81.7 Å². The molecule has 2 fully saturated rings. The molecule has 0 saturated carbocycles. The highest BCUT2D eigenvalue weighted by Crippen LogP contribution is 2.45. The number of anilines is 1. The molecular formula is C15H20F3N3O4S. The number of amides is 1. The molecule has 3 atom stereocenters. The zero-order valence-corrected chi connectivity index (χ0v) is 15.3. The van der Waals surface area contributed by atoms with Crippen LogP contribution in [0, 0.1) is 5.92 Å². The summed E-state index contributed by atoms with van der Waals surface area (Å²) in [4.78, 5) is 21.4. The summed E-state index contributed by atoms with van der Waals surface area (Å²) in [6.07, 6.45) is -7.11. The highest BCUT2D eigenvalue weighted by Gasteiger charge is 2.56. The molecule has 0 aromatic carbocycles. The van der Waals surface area contributed by atoms with Crippen LogP contribution in [0.2, 0.25) is 0 Å². The molecule has 2 N–H and O–H groups in total. The number of rotatable bonds is 2. The molecule has 2 aliphatic heterocycles. The van der Waals surface area contributed by atoms with E-state index in [0.29, 0.717) is 5.01 Å². The van der Waals surface area contributed by atoms with Gasteiger partial charge in [0, 0.05) is 11.3 Å². The Morgan fingerprint density at radius 3 is 2.85 bits per heavy atom. The van der Waals surface area contributed by atoms with Gasteiger partial charge < -0.3 is 14.3 Å². The quantitative estimate of drug-likeness (QED) is 0.801. The molecule has 146 valence electrons. The second kappa shape index (κ2) is 6.63. The lowest BCUT2D eigenvalue weighted by atomic mass is 9.81. The van der Waals surface area contributed by atoms with Crippen LogP contribution < -0.4 is 10.8 Å². The van der Waals surface area contributed by atoms with E-state index in [4.69, 9.17) is 14.3 Å². The van der Waals surface area contributed by atoms with Crippen molar-refractivity contribution >= 4 is 23.2 Å². The molecule has 0 spiro atoms. The van der Waals surface area contributed by atoms with E-state index in [0.717, 1.165) is 0 Å². The number of fused-ring (bicyclic) bond motifs is 1. The predicted octanol–water partition coefficient (Wildman–Crippen LogP) is 3.19. The molecule has 0 radical (unpaired) electrons. The number of carbonyl (C=O) groups is 1. The SMILES string of the molecule is CC(C)(C)OC(=O)Nc1csc([C@]23CO[C@@H](C(F)(F)F)C[C@H]2CON3)n1. The molecule has 2 aliphatic rings. The lowest BCUT2D eigenvalue weighted by Gasteiger charge is -2.39. The first-order valence-corrected chi connectivity index (χ1v) is 8.91. The van der Waals surface area contributed by atoms with Crippen molar-refractivity contribution in [3.8, 4) is 0 Å². The summed E-state index contributed by atoms with van der Waals surface area (Å²) in [5.74, 6) is -0.178. The number of carbonyl (C=O) groups excluding carboxylic acids is 1. The van der Waals surface area contributed by atoms with Crippen LogP contribution in [-0.4, -0.2) is 42.2 Å². The molecular weight excluding hydrogens is 375 g/mol. The summed E-state index contributed by atoms with van der Waals surface area (Å²) in [7, 11) is 0. The third-order valence-corrected chi connectivity index (χ3v) is 5.15. The zero-order valence-electron chi connectivity index (χ0n) is 14.5. The first kappa shape index (κ1) is 19.3. The van der Waals surface area contributed by atoms with Crippen LogP contribution in [0.5, 0.6) is 0 Å². The molecule has 2 saturated heterocycles. The summed E-state index contributed by atoms with van der Waals surface area (Å²) in [6, 6.07) is 0. The van der Waals surface area contributed by atoms with Crippen LogP contribution in [0.3, 0.4) is 0 Å². The Morgan fingerprint density at radius 1 is 1.46 bits per heavy atom. The summed E-state index contributed by atoms with van der Waals surface area (Å²) >= 11 is 1.21. The monoisotopic (exact) mass is 395 g/mol. The Balaban J connectivity index is 1.73. The third kappa shape index (κ3) is 3.95. The maximum Gasteiger partial charge on any atom is 0.414 e. The van der Waals surface area contributed by atoms with Gasteiger partial charge in [0.05, 0.1) is 13.2 Å². The smallest absolute Gasteiger partial charge is 0.414 e. The molecule has 11 heteroatoms. The van der Waals surface area contributed by atoms with Crippen molar-refractivity contribution in [3.63, 3.8) is 0 Å². The van der Waals surface area contributed by atoms with Gasteiger partial charge in [-0.15, -0.1) is 11.3 Å². The van der Waals surface area contributed by atoms with Gasteiger partial charge in [-0.05, 0) is 27.2 Å². The number of hydroxylamine groups is 1. The van der Waals surface area contributed by atoms with Crippen molar-refractivity contribution in [1.82, 2.24) is 10.5 Å². The fourth-order valence-electron chi connectivity index (χ4n) is 2.92. The Labute approximate surface area is 152 Å². The minimum atomic E-state index is -4.42. The van der Waals surface area contributed by atoms with E-state index in [1.807, 2.05) is 0 Å². The first-order valence-electron chi connectivity index (χ1n) is 8.03. The zero-order chi connectivity index (χ0) is 19.2. The van der Waals surface area contributed by atoms with Crippen molar-refractivity contribution in [2.24, 2.45) is 5.92 Å². The van der Waals surface area contributed by atoms with Crippen LogP contribution in [-0.2, 0) is 19.9 Å². The van der Waals surface area contributed by atoms with Gasteiger partial charge in [0.15, 0.2) is 6.10 Å². The number of nitrogens with zero attached hydrogens (tertiary/aromatic N) is 1. The van der Waals surface area contributed by atoms with Crippen LogP contribution in [0.1, 0.15) is 32.2 Å². The number of ether oxygens (including phenoxy) is 2. The number of hydrogen-bond acceptors (Lipinski definition) is 7. The van der Waals surface area contributed by atoms with Crippen molar-refractivity contribution in [2.45, 2.75) is 50.6 Å². The van der Waals surface area contributed by atoms with Gasteiger partial charge in [0.25, 0.3) is 0 Å². The number of aromatic nitrogens is 1. The van der Waals surface area contributed by atoms with E-state index in [9.17, 15) is 18.0 Å². The Hall–Kier alpha value is -1.43. The largest absolute Gasteiger partial charge is 0.444 e. The van der Waals surface area contributed by atoms with Gasteiger partial charge in [-0.25, -0.2) is 9.78 Å². The van der Waals surface area contributed by atoms with E-state index in [1.54, 1.807) is 26.2 Å². The fraction of sp³-hybridized carbons (Fsp3) is 0.733. The fourth-order valence-corrected chi connectivity index (χ4v) is 3.89. The van der Waals surface area contributed by atoms with Gasteiger partial charge in [-0.1, -0.05) is 0 Å². The van der Waals surface area contributed by atoms with Gasteiger partial charge in [-0.2, -0.15) is 18.7 Å². The highest BCUT2D eigenvalue weighted by molar-refractivity contribution is 7.10. The average molecular weight is 395 g/mol. The molecule has 0 unspecified atom stereocenters. The highest BCUT2D eigenvalue weighted by atomic mass is 32.1. The average Bonchev–Trinajstić information content (AvgIpc) is 3.10. The molecule has 7 nitrogen and oxygen atoms in total. The van der Waals surface area contributed by atoms with E-state index in [2.05, 4.69) is 15.8 Å². The number of alkyl halides is 3. The standard InChI is InChI=1S/C15H20F3N3O4S/c1-13(2,3)25-12(22)20-10-6-26-11(19-10)14-7-23-9(15(16,17)18)4-8(14)5-24-21-14/h6,8-9,21H,4-5,7H2,1-3H3,(H,20,22)/t8-,9+,14-/m0/s1. The summed E-state index contributed by atoms with van der Waals surface area (Å²) in [6.45, 7) is 5.11. The van der Waals surface area contributed by atoms with E-state index >= 15 is 0 Å². The van der Waals surface area contributed by atoms with Crippen molar-refractivity contribution < 1.29 is 32.3 Å². The number of hydrogen-bond donors (Lipinski definition) is 2. The van der Waals surface area contributed by atoms with Crippen LogP contribution in [0.15, 0.2) is 5.38 Å². The van der Waals surface area contributed by atoms with Crippen LogP contribution in [0.4, 0.5) is 23.8 Å². The van der Waals surface area contributed by atoms with Crippen molar-refractivity contribution in [3.05, 3.63) is 10.4 Å². The molecule has 3 rings (SSSR count). The molecule has 1 amide bonds. The predicted molar refractivity (Wildman–Crippen MR) is 86.6 cm³/mol. The first-order chi connectivity index (χ1) is 12.0. The maximum atomic E-state index is 12.9. The normalized spacial score (nSPS) is 29.3. The van der Waals surface area contributed by atoms with Crippen LogP contribution >= 0.6 is 11.3 Å². The van der Waals surface area contributed by atoms with E-state index in [-0.39, 0.29) is 25.5 Å². The maximum absolute atomic E-state index is 12.9. The number of halogens is 3. The Morgan fingerprint density at radius 2 is 2.19 bits per heavy atom. The summed E-state index contributed by atoms with van der Waals surface area (Å²) in [5.41, 5.74) is 1.16. The van der Waals surface area contributed by atoms with Gasteiger partial charge in [0.2, 0.25) is 0 Å². The number of thiazole rings is 1. The second-order valence-electron chi connectivity index (χ2n) is 7.32. The summed E-state index contributed by atoms with van der Waals surface area (Å²) in [5, 5.41) is 4.61. The summed E-state index contributed by atoms with van der Waals surface area (Å²) < 4.78 is 49.1.